The van der Waals surface area contributed by atoms with Crippen LogP contribution < -0.4 is 5.32 Å². The zero-order valence-electron chi connectivity index (χ0n) is 19.0. The molecular formula is C23H38N2O5. The molecule has 2 amide bonds. The third kappa shape index (κ3) is 4.71. The van der Waals surface area contributed by atoms with E-state index in [1.54, 1.807) is 11.8 Å². The Balaban J connectivity index is 2.48. The number of nitrogens with one attached hydrogen (secondary N) is 1. The van der Waals surface area contributed by atoms with Gasteiger partial charge in [-0.3, -0.25) is 14.4 Å². The molecule has 0 saturated carbocycles. The van der Waals surface area contributed by atoms with Crippen molar-refractivity contribution in [2.24, 2.45) is 29.6 Å². The maximum Gasteiger partial charge on any atom is 0.310 e. The van der Waals surface area contributed by atoms with E-state index >= 15 is 0 Å². The number of hydrogen-bond acceptors (Lipinski definition) is 5. The third-order valence-electron chi connectivity index (χ3n) is 6.49. The summed E-state index contributed by atoms with van der Waals surface area (Å²) in [7, 11) is 0. The first-order chi connectivity index (χ1) is 14.3. The second-order valence-corrected chi connectivity index (χ2v) is 8.67. The number of fused-ring (bicyclic) bond motifs is 1. The number of carbonyl (C=O) groups excluding carboxylic acids is 3. The van der Waals surface area contributed by atoms with Gasteiger partial charge in [-0.15, -0.1) is 0 Å². The zero-order chi connectivity index (χ0) is 22.4. The predicted molar refractivity (Wildman–Crippen MR) is 114 cm³/mol. The van der Waals surface area contributed by atoms with Gasteiger partial charge in [-0.1, -0.05) is 46.3 Å². The monoisotopic (exact) mass is 422 g/mol. The molecule has 0 aromatic heterocycles. The molecular weight excluding hydrogens is 384 g/mol. The highest BCUT2D eigenvalue weighted by molar-refractivity contribution is 5.96. The summed E-state index contributed by atoms with van der Waals surface area (Å²) in [5.41, 5.74) is 0. The molecule has 0 unspecified atom stereocenters. The van der Waals surface area contributed by atoms with E-state index in [4.69, 9.17) is 4.74 Å². The van der Waals surface area contributed by atoms with Crippen LogP contribution in [0, 0.1) is 29.6 Å². The Hall–Kier alpha value is -1.89. The van der Waals surface area contributed by atoms with Crippen LogP contribution in [0.25, 0.3) is 0 Å². The topological polar surface area (TPSA) is 95.9 Å². The van der Waals surface area contributed by atoms with E-state index in [0.717, 1.165) is 12.8 Å². The summed E-state index contributed by atoms with van der Waals surface area (Å²) in [5, 5.41) is 13.0. The molecule has 0 aromatic rings. The van der Waals surface area contributed by atoms with Gasteiger partial charge in [-0.25, -0.2) is 0 Å². The molecule has 1 aliphatic carbocycles. The largest absolute Gasteiger partial charge is 0.466 e. The van der Waals surface area contributed by atoms with Gasteiger partial charge in [-0.2, -0.15) is 0 Å². The number of ether oxygens (including phenoxy) is 1. The van der Waals surface area contributed by atoms with Crippen molar-refractivity contribution in [1.29, 1.82) is 0 Å². The first kappa shape index (κ1) is 24.4. The summed E-state index contributed by atoms with van der Waals surface area (Å²) in [4.78, 5) is 41.3. The van der Waals surface area contributed by atoms with Crippen molar-refractivity contribution in [1.82, 2.24) is 10.2 Å². The first-order valence-corrected chi connectivity index (χ1v) is 11.4. The van der Waals surface area contributed by atoms with Crippen LogP contribution in [0.1, 0.15) is 53.9 Å². The molecule has 0 bridgehead atoms. The number of rotatable bonds is 10. The van der Waals surface area contributed by atoms with Gasteiger partial charge in [-0.05, 0) is 31.6 Å². The fraction of sp³-hybridized carbons (Fsp3) is 0.783. The van der Waals surface area contributed by atoms with E-state index in [0.29, 0.717) is 13.0 Å². The minimum atomic E-state index is -0.732. The number of aliphatic hydroxyl groups is 1. The SMILES string of the molecule is CCCCNC(=O)[C@@H]1[C@H]2C=C[C@@H](CC)[C@@H](C(=O)OCC)[C@@H]2C(=O)N1[C@@H](CO)C(C)C. The Labute approximate surface area is 180 Å². The fourth-order valence-electron chi connectivity index (χ4n) is 4.86. The zero-order valence-corrected chi connectivity index (χ0v) is 19.0. The first-order valence-electron chi connectivity index (χ1n) is 11.4. The van der Waals surface area contributed by atoms with Gasteiger partial charge in [0.2, 0.25) is 11.8 Å². The minimum Gasteiger partial charge on any atom is -0.466 e. The quantitative estimate of drug-likeness (QED) is 0.319. The van der Waals surface area contributed by atoms with Crippen LogP contribution in [0.5, 0.6) is 0 Å². The summed E-state index contributed by atoms with van der Waals surface area (Å²) in [6.45, 7) is 10.2. The normalized spacial score (nSPS) is 29.1. The standard InChI is InChI=1S/C23H38N2O5/c1-6-9-12-24-21(27)20-16-11-10-15(7-2)18(23(29)30-8-3)19(16)22(28)25(20)17(13-26)14(4)5/h10-11,14-20,26H,6-9,12-13H2,1-5H3,(H,24,27)/t15-,16+,17+,18-,19-,20+/m1/s1. The molecule has 7 heteroatoms. The molecule has 7 nitrogen and oxygen atoms in total. The summed E-state index contributed by atoms with van der Waals surface area (Å²) >= 11 is 0. The molecule has 2 rings (SSSR count). The van der Waals surface area contributed by atoms with Crippen molar-refractivity contribution in [3.8, 4) is 0 Å². The summed E-state index contributed by atoms with van der Waals surface area (Å²) in [6, 6.07) is -1.22. The Morgan fingerprint density at radius 1 is 1.23 bits per heavy atom. The number of allylic oxidation sites excluding steroid dienone is 1. The van der Waals surface area contributed by atoms with E-state index in [1.165, 1.54) is 0 Å². The van der Waals surface area contributed by atoms with Crippen LogP contribution >= 0.6 is 0 Å². The van der Waals surface area contributed by atoms with E-state index in [1.807, 2.05) is 39.8 Å². The van der Waals surface area contributed by atoms with Crippen LogP contribution in [0.4, 0.5) is 0 Å². The number of carbonyl (C=O) groups is 3. The summed E-state index contributed by atoms with van der Waals surface area (Å²) in [5.74, 6) is -2.64. The van der Waals surface area contributed by atoms with Gasteiger partial charge < -0.3 is 20.1 Å². The van der Waals surface area contributed by atoms with Crippen molar-refractivity contribution in [2.45, 2.75) is 66.0 Å². The molecule has 1 fully saturated rings. The van der Waals surface area contributed by atoms with Gasteiger partial charge >= 0.3 is 5.97 Å². The van der Waals surface area contributed by atoms with E-state index in [9.17, 15) is 19.5 Å². The van der Waals surface area contributed by atoms with Gasteiger partial charge in [0.25, 0.3) is 0 Å². The summed E-state index contributed by atoms with van der Waals surface area (Å²) in [6.07, 6.45) is 6.42. The van der Waals surface area contributed by atoms with Gasteiger partial charge in [0.15, 0.2) is 0 Å². The lowest BCUT2D eigenvalue weighted by atomic mass is 9.69. The number of hydrogen-bond donors (Lipinski definition) is 2. The maximum absolute atomic E-state index is 13.7. The Kier molecular flexibility index (Phi) is 8.89. The van der Waals surface area contributed by atoms with E-state index < -0.39 is 29.8 Å². The Morgan fingerprint density at radius 3 is 2.47 bits per heavy atom. The lowest BCUT2D eigenvalue weighted by Crippen LogP contribution is -2.54. The molecule has 30 heavy (non-hydrogen) atoms. The predicted octanol–water partition coefficient (Wildman–Crippen LogP) is 2.14. The number of amides is 2. The average Bonchev–Trinajstić information content (AvgIpc) is 3.00. The Bertz CT molecular complexity index is 648. The fourth-order valence-corrected chi connectivity index (χ4v) is 4.86. The van der Waals surface area contributed by atoms with Crippen LogP contribution in [-0.2, 0) is 19.1 Å². The van der Waals surface area contributed by atoms with E-state index in [2.05, 4.69) is 5.32 Å². The van der Waals surface area contributed by atoms with E-state index in [-0.39, 0.29) is 42.8 Å². The number of likely N-dealkylation sites (tertiary alicyclic amines) is 1. The number of nitrogens with zero attached hydrogens (tertiary/aromatic N) is 1. The minimum absolute atomic E-state index is 0.0305. The number of esters is 1. The van der Waals surface area contributed by atoms with Crippen molar-refractivity contribution in [3.63, 3.8) is 0 Å². The molecule has 0 spiro atoms. The maximum atomic E-state index is 13.7. The van der Waals surface area contributed by atoms with Crippen LogP contribution in [0.15, 0.2) is 12.2 Å². The molecule has 0 aromatic carbocycles. The third-order valence-corrected chi connectivity index (χ3v) is 6.49. The van der Waals surface area contributed by atoms with Gasteiger partial charge in [0.1, 0.15) is 6.04 Å². The highest BCUT2D eigenvalue weighted by atomic mass is 16.5. The highest BCUT2D eigenvalue weighted by Crippen LogP contribution is 2.46. The van der Waals surface area contributed by atoms with Crippen LogP contribution in [0.2, 0.25) is 0 Å². The average molecular weight is 423 g/mol. The molecule has 0 radical (unpaired) electrons. The van der Waals surface area contributed by atoms with Gasteiger partial charge in [0, 0.05) is 12.5 Å². The number of unbranched alkanes of at least 4 members (excludes halogenated alkanes) is 1. The smallest absolute Gasteiger partial charge is 0.310 e. The summed E-state index contributed by atoms with van der Waals surface area (Å²) < 4.78 is 5.32. The van der Waals surface area contributed by atoms with Crippen molar-refractivity contribution >= 4 is 17.8 Å². The molecule has 1 saturated heterocycles. The second kappa shape index (κ2) is 10.9. The van der Waals surface area contributed by atoms with Crippen LogP contribution in [-0.4, -0.2) is 59.6 Å². The molecule has 2 N–H and O–H groups in total. The highest BCUT2D eigenvalue weighted by Gasteiger charge is 2.58. The van der Waals surface area contributed by atoms with Crippen molar-refractivity contribution < 1.29 is 24.2 Å². The Morgan fingerprint density at radius 2 is 1.93 bits per heavy atom. The molecule has 6 atom stereocenters. The molecule has 1 heterocycles. The van der Waals surface area contributed by atoms with Crippen molar-refractivity contribution in [3.05, 3.63) is 12.2 Å². The molecule has 1 aliphatic heterocycles. The second-order valence-electron chi connectivity index (χ2n) is 8.67. The lowest BCUT2D eigenvalue weighted by Gasteiger charge is -2.35. The van der Waals surface area contributed by atoms with Crippen molar-refractivity contribution in [2.75, 3.05) is 19.8 Å². The lowest BCUT2D eigenvalue weighted by molar-refractivity contribution is -0.156. The van der Waals surface area contributed by atoms with Gasteiger partial charge in [0.05, 0.1) is 31.1 Å². The molecule has 170 valence electrons. The number of aliphatic hydroxyl groups excluding tert-OH is 1. The van der Waals surface area contributed by atoms with Crippen LogP contribution in [0.3, 0.4) is 0 Å². The molecule has 2 aliphatic rings.